The van der Waals surface area contributed by atoms with Crippen LogP contribution < -0.4 is 0 Å². The first-order valence-corrected chi connectivity index (χ1v) is 7.27. The van der Waals surface area contributed by atoms with Crippen LogP contribution in [0.5, 0.6) is 0 Å². The maximum absolute atomic E-state index is 13.6. The molecule has 106 valence electrons. The van der Waals surface area contributed by atoms with Crippen LogP contribution in [0.2, 0.25) is 5.02 Å². The Hall–Kier alpha value is -1.18. The summed E-state index contributed by atoms with van der Waals surface area (Å²) >= 11 is 5.55. The van der Waals surface area contributed by atoms with E-state index in [0.29, 0.717) is 6.42 Å². The quantitative estimate of drug-likeness (QED) is 0.871. The second kappa shape index (κ2) is 6.31. The zero-order valence-corrected chi connectivity index (χ0v) is 11.7. The molecule has 0 saturated carbocycles. The average Bonchev–Trinajstić information content (AvgIpc) is 2.27. The minimum absolute atomic E-state index is 0.00327. The summed E-state index contributed by atoms with van der Waals surface area (Å²) in [6.45, 7) is 0.984. The highest BCUT2D eigenvalue weighted by molar-refractivity contribution is 7.89. The number of sulfonamides is 1. The van der Waals surface area contributed by atoms with Crippen molar-refractivity contribution in [2.24, 2.45) is 0 Å². The van der Waals surface area contributed by atoms with E-state index in [1.807, 2.05) is 0 Å². The topological polar surface area (TPSA) is 74.7 Å². The van der Waals surface area contributed by atoms with Gasteiger partial charge in [-0.3, -0.25) is 4.79 Å². The molecule has 1 rings (SSSR count). The van der Waals surface area contributed by atoms with Gasteiger partial charge in [0.15, 0.2) is 0 Å². The highest BCUT2D eigenvalue weighted by atomic mass is 35.5. The Balaban J connectivity index is 3.22. The van der Waals surface area contributed by atoms with Gasteiger partial charge in [-0.15, -0.1) is 0 Å². The van der Waals surface area contributed by atoms with Gasteiger partial charge in [-0.05, 0) is 24.6 Å². The van der Waals surface area contributed by atoms with E-state index in [-0.39, 0.29) is 11.6 Å². The molecule has 0 heterocycles. The van der Waals surface area contributed by atoms with E-state index >= 15 is 0 Å². The first-order chi connectivity index (χ1) is 8.78. The molecule has 0 aromatic heterocycles. The predicted octanol–water partition coefficient (Wildman–Crippen LogP) is 1.96. The van der Waals surface area contributed by atoms with Gasteiger partial charge in [0.05, 0.1) is 0 Å². The molecule has 0 aliphatic carbocycles. The van der Waals surface area contributed by atoms with Crippen molar-refractivity contribution in [1.82, 2.24) is 4.31 Å². The van der Waals surface area contributed by atoms with Crippen molar-refractivity contribution >= 4 is 27.6 Å². The van der Waals surface area contributed by atoms with Gasteiger partial charge < -0.3 is 5.11 Å². The van der Waals surface area contributed by atoms with Gasteiger partial charge in [0.2, 0.25) is 10.0 Å². The zero-order valence-electron chi connectivity index (χ0n) is 10.1. The average molecular weight is 310 g/mol. The number of carboxylic acids is 1. The number of benzene rings is 1. The summed E-state index contributed by atoms with van der Waals surface area (Å²) in [6, 6.07) is 3.14. The summed E-state index contributed by atoms with van der Waals surface area (Å²) < 4.78 is 38.7. The number of halogens is 2. The number of aliphatic carboxylic acids is 1. The number of carboxylic acid groups (broad SMARTS) is 1. The molecule has 0 amide bonds. The summed E-state index contributed by atoms with van der Waals surface area (Å²) in [5, 5.41) is 8.78. The second-order valence-electron chi connectivity index (χ2n) is 3.81. The van der Waals surface area contributed by atoms with Crippen molar-refractivity contribution in [3.05, 3.63) is 29.0 Å². The summed E-state index contributed by atoms with van der Waals surface area (Å²) in [7, 11) is -4.19. The molecular formula is C11H13ClFNO4S. The summed E-state index contributed by atoms with van der Waals surface area (Å²) in [4.78, 5) is 10.1. The largest absolute Gasteiger partial charge is 0.480 e. The summed E-state index contributed by atoms with van der Waals surface area (Å²) in [5.74, 6) is -2.30. The Kier molecular flexibility index (Phi) is 5.28. The van der Waals surface area contributed by atoms with E-state index in [1.54, 1.807) is 6.92 Å². The molecule has 0 atom stereocenters. The molecule has 1 N–H and O–H groups in total. The van der Waals surface area contributed by atoms with Crippen molar-refractivity contribution in [1.29, 1.82) is 0 Å². The lowest BCUT2D eigenvalue weighted by Crippen LogP contribution is -2.36. The molecule has 1 aromatic carbocycles. The van der Waals surface area contributed by atoms with E-state index in [4.69, 9.17) is 16.7 Å². The van der Waals surface area contributed by atoms with Crippen LogP contribution in [-0.2, 0) is 14.8 Å². The minimum Gasteiger partial charge on any atom is -0.480 e. The van der Waals surface area contributed by atoms with Crippen molar-refractivity contribution in [2.45, 2.75) is 18.2 Å². The maximum atomic E-state index is 13.6. The Labute approximate surface area is 115 Å². The standard InChI is InChI=1S/C11H13ClFNO4S/c1-2-5-14(7-11(15)16)19(17,18)10-4-3-8(12)6-9(10)13/h3-4,6H,2,5,7H2,1H3,(H,15,16). The Morgan fingerprint density at radius 1 is 1.47 bits per heavy atom. The minimum atomic E-state index is -4.19. The van der Waals surface area contributed by atoms with E-state index < -0.39 is 33.3 Å². The van der Waals surface area contributed by atoms with Crippen LogP contribution in [0.3, 0.4) is 0 Å². The fraction of sp³-hybridized carbons (Fsp3) is 0.364. The van der Waals surface area contributed by atoms with Crippen LogP contribution in [0.4, 0.5) is 4.39 Å². The van der Waals surface area contributed by atoms with Crippen LogP contribution in [0, 0.1) is 5.82 Å². The molecule has 0 aliphatic heterocycles. The molecule has 8 heteroatoms. The van der Waals surface area contributed by atoms with Crippen molar-refractivity contribution in [3.8, 4) is 0 Å². The number of hydrogen-bond donors (Lipinski definition) is 1. The van der Waals surface area contributed by atoms with Gasteiger partial charge in [0.1, 0.15) is 17.3 Å². The number of nitrogens with zero attached hydrogens (tertiary/aromatic N) is 1. The molecule has 0 unspecified atom stereocenters. The highest BCUT2D eigenvalue weighted by Crippen LogP contribution is 2.22. The van der Waals surface area contributed by atoms with Gasteiger partial charge >= 0.3 is 5.97 Å². The number of hydrogen-bond acceptors (Lipinski definition) is 3. The van der Waals surface area contributed by atoms with Crippen LogP contribution in [0.25, 0.3) is 0 Å². The lowest BCUT2D eigenvalue weighted by molar-refractivity contribution is -0.137. The van der Waals surface area contributed by atoms with E-state index in [0.717, 1.165) is 16.4 Å². The molecule has 0 saturated heterocycles. The monoisotopic (exact) mass is 309 g/mol. The molecule has 0 aliphatic rings. The second-order valence-corrected chi connectivity index (χ2v) is 6.15. The van der Waals surface area contributed by atoms with Crippen molar-refractivity contribution in [3.63, 3.8) is 0 Å². The molecule has 5 nitrogen and oxygen atoms in total. The molecule has 19 heavy (non-hydrogen) atoms. The normalized spacial score (nSPS) is 11.8. The number of carbonyl (C=O) groups is 1. The SMILES string of the molecule is CCCN(CC(=O)O)S(=O)(=O)c1ccc(Cl)cc1F. The first-order valence-electron chi connectivity index (χ1n) is 5.46. The molecule has 0 spiro atoms. The van der Waals surface area contributed by atoms with Gasteiger partial charge in [-0.2, -0.15) is 4.31 Å². The van der Waals surface area contributed by atoms with E-state index in [9.17, 15) is 17.6 Å². The third kappa shape index (κ3) is 3.89. The van der Waals surface area contributed by atoms with E-state index in [2.05, 4.69) is 0 Å². The Bertz CT molecular complexity index is 576. The maximum Gasteiger partial charge on any atom is 0.318 e. The van der Waals surface area contributed by atoms with Crippen LogP contribution >= 0.6 is 11.6 Å². The fourth-order valence-electron chi connectivity index (χ4n) is 1.51. The van der Waals surface area contributed by atoms with Crippen LogP contribution in [0.15, 0.2) is 23.1 Å². The van der Waals surface area contributed by atoms with Crippen molar-refractivity contribution in [2.75, 3.05) is 13.1 Å². The third-order valence-corrected chi connectivity index (χ3v) is 4.41. The van der Waals surface area contributed by atoms with Gasteiger partial charge in [0, 0.05) is 11.6 Å². The van der Waals surface area contributed by atoms with Gasteiger partial charge in [-0.25, -0.2) is 12.8 Å². The fourth-order valence-corrected chi connectivity index (χ4v) is 3.19. The summed E-state index contributed by atoms with van der Waals surface area (Å²) in [5.41, 5.74) is 0. The molecule has 0 fully saturated rings. The van der Waals surface area contributed by atoms with Crippen LogP contribution in [0.1, 0.15) is 13.3 Å². The van der Waals surface area contributed by atoms with Gasteiger partial charge in [0.25, 0.3) is 0 Å². The molecule has 1 aromatic rings. The van der Waals surface area contributed by atoms with Crippen molar-refractivity contribution < 1.29 is 22.7 Å². The lowest BCUT2D eigenvalue weighted by Gasteiger charge is -2.19. The zero-order chi connectivity index (χ0) is 14.6. The smallest absolute Gasteiger partial charge is 0.318 e. The van der Waals surface area contributed by atoms with Crippen LogP contribution in [-0.4, -0.2) is 36.9 Å². The first kappa shape index (κ1) is 15.9. The Morgan fingerprint density at radius 2 is 2.11 bits per heavy atom. The predicted molar refractivity (Wildman–Crippen MR) is 68.1 cm³/mol. The van der Waals surface area contributed by atoms with Gasteiger partial charge in [-0.1, -0.05) is 18.5 Å². The molecular weight excluding hydrogens is 297 g/mol. The molecule has 0 radical (unpaired) electrons. The molecule has 0 bridgehead atoms. The van der Waals surface area contributed by atoms with E-state index in [1.165, 1.54) is 6.07 Å². The number of rotatable bonds is 6. The summed E-state index contributed by atoms with van der Waals surface area (Å²) in [6.07, 6.45) is 0.418. The highest BCUT2D eigenvalue weighted by Gasteiger charge is 2.28. The third-order valence-electron chi connectivity index (χ3n) is 2.30. The lowest BCUT2D eigenvalue weighted by atomic mass is 10.3. The Morgan fingerprint density at radius 3 is 2.58 bits per heavy atom.